The molecule has 2 aliphatic rings. The van der Waals surface area contributed by atoms with Gasteiger partial charge in [-0.3, -0.25) is 14.4 Å². The maximum absolute atomic E-state index is 12.9. The Labute approximate surface area is 245 Å². The van der Waals surface area contributed by atoms with Crippen molar-refractivity contribution < 1.29 is 28.7 Å². The summed E-state index contributed by atoms with van der Waals surface area (Å²) in [5.41, 5.74) is 4.30. The molecule has 3 aromatic rings. The van der Waals surface area contributed by atoms with E-state index in [-0.39, 0.29) is 42.6 Å². The van der Waals surface area contributed by atoms with Gasteiger partial charge >= 0.3 is 5.97 Å². The molecule has 2 unspecified atom stereocenters. The lowest BCUT2D eigenvalue weighted by Crippen LogP contribution is -2.39. The van der Waals surface area contributed by atoms with Crippen LogP contribution in [0.5, 0.6) is 0 Å². The molecule has 4 heterocycles. The molecule has 0 radical (unpaired) electrons. The van der Waals surface area contributed by atoms with E-state index in [1.165, 1.54) is 7.11 Å². The first kappa shape index (κ1) is 32.3. The molecule has 0 fully saturated rings. The number of esters is 1. The first-order valence-corrected chi connectivity index (χ1v) is 14.3. The van der Waals surface area contributed by atoms with Gasteiger partial charge in [0.15, 0.2) is 6.10 Å². The van der Waals surface area contributed by atoms with Crippen molar-refractivity contribution >= 4 is 34.8 Å². The molecule has 2 aromatic heterocycles. The maximum atomic E-state index is 12.9. The maximum Gasteiger partial charge on any atom is 0.340 e. The number of aldehydes is 1. The number of cyclic esters (lactones) is 1. The van der Waals surface area contributed by atoms with Crippen LogP contribution in [0.3, 0.4) is 0 Å². The number of nitrogens with one attached hydrogen (secondary N) is 1. The fourth-order valence-corrected chi connectivity index (χ4v) is 4.73. The van der Waals surface area contributed by atoms with Crippen LogP contribution in [-0.2, 0) is 41.8 Å². The highest BCUT2D eigenvalue weighted by Gasteiger charge is 2.35. The number of nitrogens with zero attached hydrogens (tertiary/aromatic N) is 2. The minimum Gasteiger partial charge on any atom is -0.458 e. The number of carbonyl (C=O) groups is 4. The third kappa shape index (κ3) is 6.99. The number of ketones is 1. The molecule has 0 bridgehead atoms. The van der Waals surface area contributed by atoms with E-state index in [9.17, 15) is 24.0 Å². The van der Waals surface area contributed by atoms with Crippen molar-refractivity contribution in [2.45, 2.75) is 79.2 Å². The highest BCUT2D eigenvalue weighted by Crippen LogP contribution is 2.35. The molecule has 0 spiro atoms. The topological polar surface area (TPSA) is 134 Å². The van der Waals surface area contributed by atoms with Gasteiger partial charge in [-0.2, -0.15) is 0 Å². The van der Waals surface area contributed by atoms with Crippen LogP contribution >= 0.6 is 0 Å². The summed E-state index contributed by atoms with van der Waals surface area (Å²) in [7, 11) is 1.44. The summed E-state index contributed by atoms with van der Waals surface area (Å²) >= 11 is 0. The molecule has 10 nitrogen and oxygen atoms in total. The molecular formula is C32H39N3O7. The van der Waals surface area contributed by atoms with E-state index in [4.69, 9.17) is 14.5 Å². The first-order valence-electron chi connectivity index (χ1n) is 14.3. The van der Waals surface area contributed by atoms with Gasteiger partial charge in [-0.25, -0.2) is 9.78 Å². The summed E-state index contributed by atoms with van der Waals surface area (Å²) in [6.07, 6.45) is 0.737. The fourth-order valence-electron chi connectivity index (χ4n) is 4.73. The van der Waals surface area contributed by atoms with Crippen molar-refractivity contribution in [2.24, 2.45) is 5.92 Å². The van der Waals surface area contributed by atoms with Gasteiger partial charge in [-0.15, -0.1) is 0 Å². The molecule has 2 atom stereocenters. The molecule has 0 saturated heterocycles. The van der Waals surface area contributed by atoms with Gasteiger partial charge in [0.25, 0.3) is 5.56 Å². The summed E-state index contributed by atoms with van der Waals surface area (Å²) in [6, 6.07) is 11.3. The summed E-state index contributed by atoms with van der Waals surface area (Å²) < 4.78 is 12.1. The lowest BCUT2D eigenvalue weighted by molar-refractivity contribution is -0.159. The van der Waals surface area contributed by atoms with Crippen LogP contribution in [0.1, 0.15) is 76.7 Å². The molecule has 0 saturated carbocycles. The van der Waals surface area contributed by atoms with Crippen LogP contribution in [0.2, 0.25) is 0 Å². The Morgan fingerprint density at radius 3 is 2.52 bits per heavy atom. The zero-order valence-corrected chi connectivity index (χ0v) is 25.1. The Morgan fingerprint density at radius 1 is 1.17 bits per heavy atom. The molecule has 224 valence electrons. The monoisotopic (exact) mass is 577 g/mol. The van der Waals surface area contributed by atoms with Crippen LogP contribution in [0.15, 0.2) is 41.2 Å². The zero-order chi connectivity index (χ0) is 31.0. The van der Waals surface area contributed by atoms with Crippen LogP contribution in [0.25, 0.3) is 22.3 Å². The number of Topliss-reactive ketones (excluding diaryl/α,β-unsaturated/α-hetero) is 1. The van der Waals surface area contributed by atoms with Gasteiger partial charge in [0.1, 0.15) is 18.7 Å². The normalized spacial score (nSPS) is 15.1. The van der Waals surface area contributed by atoms with E-state index in [1.807, 2.05) is 58.0 Å². The average molecular weight is 578 g/mol. The lowest BCUT2D eigenvalue weighted by atomic mass is 10.0. The molecule has 5 rings (SSSR count). The van der Waals surface area contributed by atoms with Crippen molar-refractivity contribution in [3.05, 3.63) is 63.4 Å². The Bertz CT molecular complexity index is 1530. The number of ether oxygens (including phenoxy) is 2. The molecule has 2 aliphatic heterocycles. The number of rotatable bonds is 8. The van der Waals surface area contributed by atoms with E-state index in [1.54, 1.807) is 11.5 Å². The number of aromatic nitrogens is 2. The minimum absolute atomic E-state index is 0.0150. The summed E-state index contributed by atoms with van der Waals surface area (Å²) in [4.78, 5) is 62.5. The van der Waals surface area contributed by atoms with E-state index >= 15 is 0 Å². The third-order valence-electron chi connectivity index (χ3n) is 7.12. The van der Waals surface area contributed by atoms with Gasteiger partial charge in [0.2, 0.25) is 5.91 Å². The van der Waals surface area contributed by atoms with Crippen molar-refractivity contribution in [1.82, 2.24) is 14.9 Å². The Morgan fingerprint density at radius 2 is 1.88 bits per heavy atom. The van der Waals surface area contributed by atoms with Gasteiger partial charge in [-0.1, -0.05) is 52.8 Å². The van der Waals surface area contributed by atoms with Crippen LogP contribution in [0, 0.1) is 5.92 Å². The standard InChI is InChI=1S/C19H14N2O4.C11H19NO3.C2H6/c1-24-17-12-7-15-16-11(6-10-4-2-3-5-14(10)20-16)8-21(15)18(22)13(12)9-25-19(17)23;1-4-9(14)5-6-11(15)12-10(7-13)8(2)3;1-2/h2-7,17H,8-9H2,1H3;7-8,10H,4-6H2,1-3H3,(H,12,15);1-2H3. The van der Waals surface area contributed by atoms with E-state index in [0.29, 0.717) is 24.1 Å². The molecule has 10 heteroatoms. The fraction of sp³-hybridized carbons (Fsp3) is 0.438. The van der Waals surface area contributed by atoms with Gasteiger partial charge in [0, 0.05) is 42.9 Å². The molecular weight excluding hydrogens is 538 g/mol. The number of fused-ring (bicyclic) bond motifs is 5. The highest BCUT2D eigenvalue weighted by atomic mass is 16.6. The minimum atomic E-state index is -0.869. The number of pyridine rings is 2. The van der Waals surface area contributed by atoms with E-state index < -0.39 is 18.1 Å². The van der Waals surface area contributed by atoms with Crippen molar-refractivity contribution in [1.29, 1.82) is 0 Å². The Hall–Kier alpha value is -4.18. The highest BCUT2D eigenvalue weighted by molar-refractivity contribution is 5.86. The van der Waals surface area contributed by atoms with Crippen LogP contribution in [-0.4, -0.2) is 46.6 Å². The summed E-state index contributed by atoms with van der Waals surface area (Å²) in [5.74, 6) is -0.558. The zero-order valence-electron chi connectivity index (χ0n) is 25.1. The Kier molecular flexibility index (Phi) is 11.3. The van der Waals surface area contributed by atoms with Crippen molar-refractivity contribution in [3.8, 4) is 11.4 Å². The molecule has 42 heavy (non-hydrogen) atoms. The van der Waals surface area contributed by atoms with E-state index in [2.05, 4.69) is 11.4 Å². The first-order chi connectivity index (χ1) is 20.2. The molecule has 0 aliphatic carbocycles. The number of amides is 1. The average Bonchev–Trinajstić information content (AvgIpc) is 3.36. The second-order valence-corrected chi connectivity index (χ2v) is 10.1. The summed E-state index contributed by atoms with van der Waals surface area (Å²) in [6.45, 7) is 9.94. The smallest absolute Gasteiger partial charge is 0.340 e. The van der Waals surface area contributed by atoms with Crippen molar-refractivity contribution in [2.75, 3.05) is 7.11 Å². The summed E-state index contributed by atoms with van der Waals surface area (Å²) in [5, 5.41) is 3.63. The van der Waals surface area contributed by atoms with Crippen molar-refractivity contribution in [3.63, 3.8) is 0 Å². The van der Waals surface area contributed by atoms with E-state index in [0.717, 1.165) is 34.1 Å². The van der Waals surface area contributed by atoms with Gasteiger partial charge < -0.3 is 24.2 Å². The molecule has 1 N–H and O–H groups in total. The quantitative estimate of drug-likeness (QED) is 0.242. The number of hydrogen-bond donors (Lipinski definition) is 1. The second-order valence-electron chi connectivity index (χ2n) is 10.1. The van der Waals surface area contributed by atoms with Crippen LogP contribution in [0.4, 0.5) is 0 Å². The van der Waals surface area contributed by atoms with Gasteiger partial charge in [0.05, 0.1) is 35.1 Å². The van der Waals surface area contributed by atoms with Gasteiger partial charge in [-0.05, 0) is 24.1 Å². The van der Waals surface area contributed by atoms with Crippen LogP contribution < -0.4 is 10.9 Å². The third-order valence-corrected chi connectivity index (χ3v) is 7.12. The molecule has 1 aromatic carbocycles. The number of methoxy groups -OCH3 is 1. The second kappa shape index (κ2) is 14.6. The predicted octanol–water partition coefficient (Wildman–Crippen LogP) is 4.28. The number of hydrogen-bond acceptors (Lipinski definition) is 8. The number of carbonyl (C=O) groups excluding carboxylic acids is 4. The Balaban J connectivity index is 0.000000247. The largest absolute Gasteiger partial charge is 0.458 e. The number of benzene rings is 1. The SMILES string of the molecule is CC.CCC(=O)CCC(=O)NC(C=O)C(C)C.COC1C(=O)OCc2c1cc1n(c2=O)Cc2cc3ccccc3nc2-1. The lowest BCUT2D eigenvalue weighted by Gasteiger charge is -2.24. The molecule has 1 amide bonds. The predicted molar refractivity (Wildman–Crippen MR) is 159 cm³/mol. The number of para-hydroxylation sites is 1.